The molecule has 1 saturated heterocycles. The van der Waals surface area contributed by atoms with Crippen LogP contribution >= 0.6 is 0 Å². The minimum atomic E-state index is -2.79. The first-order valence-electron chi connectivity index (χ1n) is 19.0. The van der Waals surface area contributed by atoms with E-state index in [9.17, 15) is 5.11 Å². The van der Waals surface area contributed by atoms with Crippen molar-refractivity contribution in [3.63, 3.8) is 0 Å². The van der Waals surface area contributed by atoms with Crippen LogP contribution in [0.4, 0.5) is 0 Å². The molecule has 0 bridgehead atoms. The van der Waals surface area contributed by atoms with Gasteiger partial charge < -0.3 is 0 Å². The van der Waals surface area contributed by atoms with Gasteiger partial charge in [0.2, 0.25) is 0 Å². The summed E-state index contributed by atoms with van der Waals surface area (Å²) in [5, 5.41) is 12.4. The second-order valence-corrected chi connectivity index (χ2v) is 40.3. The Morgan fingerprint density at radius 3 is 1.64 bits per heavy atom. The van der Waals surface area contributed by atoms with E-state index in [4.69, 9.17) is 9.47 Å². The molecule has 3 nitrogen and oxygen atoms in total. The van der Waals surface area contributed by atoms with Gasteiger partial charge in [-0.25, -0.2) is 0 Å². The fourth-order valence-corrected chi connectivity index (χ4v) is 50.6. The van der Waals surface area contributed by atoms with E-state index in [1.54, 1.807) is 3.59 Å². The van der Waals surface area contributed by atoms with Gasteiger partial charge in [0.25, 0.3) is 0 Å². The molecule has 0 aromatic heterocycles. The Balaban J connectivity index is 3.47. The summed E-state index contributed by atoms with van der Waals surface area (Å²) >= 11 is -5.38. The van der Waals surface area contributed by atoms with E-state index in [0.717, 1.165) is 32.5 Å². The van der Waals surface area contributed by atoms with Crippen LogP contribution in [-0.4, -0.2) is 67.5 Å². The van der Waals surface area contributed by atoms with Crippen molar-refractivity contribution in [1.82, 2.24) is 0 Å². The number of hydrogen-bond donors (Lipinski definition) is 1. The van der Waals surface area contributed by atoms with Crippen LogP contribution in [0.1, 0.15) is 158 Å². The summed E-state index contributed by atoms with van der Waals surface area (Å²) in [4.78, 5) is 0. The van der Waals surface area contributed by atoms with E-state index in [1.807, 2.05) is 0 Å². The molecule has 3 unspecified atom stereocenters. The third-order valence-corrected chi connectivity index (χ3v) is 42.8. The molecule has 0 amide bonds. The van der Waals surface area contributed by atoms with Crippen molar-refractivity contribution in [3.05, 3.63) is 7.68 Å². The zero-order valence-electron chi connectivity index (χ0n) is 29.8. The Labute approximate surface area is 272 Å². The molecule has 250 valence electrons. The fourth-order valence-electron chi connectivity index (χ4n) is 7.26. The molecule has 0 spiro atoms. The maximum absolute atomic E-state index is 12.4. The Bertz CT molecular complexity index is 618. The second kappa shape index (κ2) is 25.3. The Hall–Kier alpha value is 1.22. The predicted octanol–water partition coefficient (Wildman–Crippen LogP) is 12.0. The molecule has 3 atom stereocenters. The average molecular weight is 806 g/mol. The number of aliphatic hydroxyl groups is 1. The van der Waals surface area contributed by atoms with E-state index in [-0.39, 0.29) is 12.4 Å². The van der Waals surface area contributed by atoms with Crippen LogP contribution in [0.15, 0.2) is 7.68 Å². The zero-order chi connectivity index (χ0) is 31.1. The zero-order valence-corrected chi connectivity index (χ0v) is 35.5. The summed E-state index contributed by atoms with van der Waals surface area (Å²) in [5.41, 5.74) is 0. The van der Waals surface area contributed by atoms with E-state index >= 15 is 0 Å². The van der Waals surface area contributed by atoms with Gasteiger partial charge >= 0.3 is 275 Å². The topological polar surface area (TPSA) is 38.7 Å². The third-order valence-electron chi connectivity index (χ3n) is 10.2. The Kier molecular flexibility index (Phi) is 24.9. The van der Waals surface area contributed by atoms with Crippen LogP contribution in [0.3, 0.4) is 0 Å². The van der Waals surface area contributed by atoms with Crippen LogP contribution in [0, 0.1) is 5.92 Å². The molecule has 0 saturated carbocycles. The summed E-state index contributed by atoms with van der Waals surface area (Å²) in [6.07, 6.45) is 21.4. The summed E-state index contributed by atoms with van der Waals surface area (Å²) in [6.45, 7) is 18.3. The molecule has 1 N–H and O–H groups in total. The van der Waals surface area contributed by atoms with Gasteiger partial charge in [-0.1, -0.05) is 0 Å². The maximum atomic E-state index is 12.4. The van der Waals surface area contributed by atoms with Gasteiger partial charge in [0.1, 0.15) is 0 Å². The molecule has 0 aromatic carbocycles. The van der Waals surface area contributed by atoms with E-state index < -0.39 is 36.8 Å². The molecule has 1 rings (SSSR count). The number of unbranched alkanes of at least 4 members (excludes halogenated alkanes) is 6. The summed E-state index contributed by atoms with van der Waals surface area (Å²) < 4.78 is 25.8. The number of ether oxygens (including phenoxy) is 2. The molecule has 0 radical (unpaired) electrons. The van der Waals surface area contributed by atoms with Gasteiger partial charge in [-0.3, -0.25) is 0 Å². The molecule has 42 heavy (non-hydrogen) atoms. The normalized spacial score (nSPS) is 18.4. The molecule has 0 aromatic rings. The van der Waals surface area contributed by atoms with Gasteiger partial charge in [-0.05, 0) is 0 Å². The third kappa shape index (κ3) is 16.2. The second-order valence-electron chi connectivity index (χ2n) is 14.2. The van der Waals surface area contributed by atoms with Gasteiger partial charge in [-0.15, -0.1) is 0 Å². The van der Waals surface area contributed by atoms with Gasteiger partial charge in [-0.2, -0.15) is 0 Å². The van der Waals surface area contributed by atoms with Crippen LogP contribution < -0.4 is 0 Å². The van der Waals surface area contributed by atoms with Gasteiger partial charge in [0.05, 0.1) is 0 Å². The first-order chi connectivity index (χ1) is 20.4. The van der Waals surface area contributed by atoms with Crippen LogP contribution in [0.2, 0.25) is 26.6 Å². The summed E-state index contributed by atoms with van der Waals surface area (Å²) in [6, 6.07) is 0. The molecule has 1 aliphatic rings. The SMILES string of the molecule is CCC[CH2][Sn](/[CH]=[C](/C(O)CCC(C)COC1CCCCO1)[Sn]([CH2]CCC)([CH2]CCC)[CH2]CCC)([CH2]CCC)[CH2]CCC. The van der Waals surface area contributed by atoms with E-state index in [1.165, 1.54) is 117 Å². The molecule has 5 heteroatoms. The quantitative estimate of drug-likeness (QED) is 0.0841. The first-order valence-corrected chi connectivity index (χ1v) is 34.2. The van der Waals surface area contributed by atoms with Gasteiger partial charge in [0.15, 0.2) is 0 Å². The average Bonchev–Trinajstić information content (AvgIpc) is 3.02. The summed E-state index contributed by atoms with van der Waals surface area (Å²) in [7, 11) is 0. The van der Waals surface area contributed by atoms with Crippen molar-refractivity contribution in [2.75, 3.05) is 13.2 Å². The van der Waals surface area contributed by atoms with Crippen molar-refractivity contribution in [2.45, 2.75) is 197 Å². The van der Waals surface area contributed by atoms with Crippen LogP contribution in [-0.2, 0) is 9.47 Å². The molecule has 1 aliphatic heterocycles. The van der Waals surface area contributed by atoms with Crippen molar-refractivity contribution in [1.29, 1.82) is 0 Å². The molecular weight excluding hydrogens is 730 g/mol. The Morgan fingerprint density at radius 2 is 1.21 bits per heavy atom. The predicted molar refractivity (Wildman–Crippen MR) is 192 cm³/mol. The number of aliphatic hydroxyl groups excluding tert-OH is 1. The summed E-state index contributed by atoms with van der Waals surface area (Å²) in [5.74, 6) is 0.464. The fraction of sp³-hybridized carbons (Fsp3) is 0.946. The molecular formula is C37H76O3Sn2. The number of rotatable bonds is 27. The van der Waals surface area contributed by atoms with E-state index in [0.29, 0.717) is 5.92 Å². The molecule has 1 fully saturated rings. The van der Waals surface area contributed by atoms with Crippen LogP contribution in [0.5, 0.6) is 0 Å². The Morgan fingerprint density at radius 1 is 0.738 bits per heavy atom. The van der Waals surface area contributed by atoms with Crippen molar-refractivity contribution in [2.24, 2.45) is 5.92 Å². The van der Waals surface area contributed by atoms with Crippen LogP contribution in [0.25, 0.3) is 0 Å². The van der Waals surface area contributed by atoms with Crippen molar-refractivity contribution in [3.8, 4) is 0 Å². The van der Waals surface area contributed by atoms with Crippen molar-refractivity contribution >= 4 is 36.8 Å². The first kappa shape index (κ1) is 41.2. The molecule has 0 aliphatic carbocycles. The van der Waals surface area contributed by atoms with E-state index in [2.05, 4.69) is 52.6 Å². The van der Waals surface area contributed by atoms with Crippen molar-refractivity contribution < 1.29 is 14.6 Å². The minimum absolute atomic E-state index is 0.00653. The standard InChI is InChI=1S/C13H22O3.6C4H9.2Sn/c1-3-12(14)8-7-11(2)10-16-13-6-4-5-9-15-13;6*1-3-4-2;;/h1,11-14H,4-10H2,2H3;6*1,3-4H2,2H3;;. The van der Waals surface area contributed by atoms with Gasteiger partial charge in [0, 0.05) is 0 Å². The molecule has 1 heterocycles. The monoisotopic (exact) mass is 808 g/mol. The number of hydrogen-bond acceptors (Lipinski definition) is 3.